The molecule has 0 fully saturated rings. The van der Waals surface area contributed by atoms with Gasteiger partial charge in [-0.2, -0.15) is 0 Å². The molecule has 4 heteroatoms. The number of pyridine rings is 1. The molecular weight excluding hydrogens is 395 g/mol. The number of benzene rings is 2. The van der Waals surface area contributed by atoms with Crippen molar-refractivity contribution in [1.29, 1.82) is 0 Å². The van der Waals surface area contributed by atoms with Crippen molar-refractivity contribution < 1.29 is 0 Å². The molecule has 2 nitrogen and oxygen atoms in total. The van der Waals surface area contributed by atoms with E-state index in [0.29, 0.717) is 0 Å². The Bertz CT molecular complexity index is 783. The molecule has 1 atom stereocenters. The van der Waals surface area contributed by atoms with Crippen molar-refractivity contribution in [3.05, 3.63) is 74.4 Å². The van der Waals surface area contributed by atoms with Gasteiger partial charge in [-0.05, 0) is 70.5 Å². The molecule has 21 heavy (non-hydrogen) atoms. The highest BCUT2D eigenvalue weighted by molar-refractivity contribution is 14.1. The van der Waals surface area contributed by atoms with Crippen LogP contribution in [0.5, 0.6) is 0 Å². The Morgan fingerprint density at radius 3 is 2.81 bits per heavy atom. The normalized spacial score (nSPS) is 12.5. The first-order valence-electron chi connectivity index (χ1n) is 6.68. The third kappa shape index (κ3) is 3.20. The summed E-state index contributed by atoms with van der Waals surface area (Å²) in [6, 6.07) is 15.9. The fourth-order valence-corrected chi connectivity index (χ4v) is 3.39. The fraction of sp³-hybridized carbons (Fsp3) is 0.118. The van der Waals surface area contributed by atoms with Gasteiger partial charge >= 0.3 is 0 Å². The summed E-state index contributed by atoms with van der Waals surface area (Å²) >= 11 is 8.39. The van der Waals surface area contributed by atoms with Gasteiger partial charge in [0.15, 0.2) is 0 Å². The number of fused-ring (bicyclic) bond motifs is 1. The van der Waals surface area contributed by atoms with E-state index in [1.807, 2.05) is 48.7 Å². The number of nitrogens with two attached hydrogens (primary N) is 1. The van der Waals surface area contributed by atoms with Crippen LogP contribution < -0.4 is 5.73 Å². The Morgan fingerprint density at radius 2 is 1.95 bits per heavy atom. The summed E-state index contributed by atoms with van der Waals surface area (Å²) in [5.41, 5.74) is 9.71. The maximum atomic E-state index is 6.40. The number of hydrogen-bond donors (Lipinski definition) is 1. The van der Waals surface area contributed by atoms with Crippen LogP contribution in [0.1, 0.15) is 17.2 Å². The highest BCUT2D eigenvalue weighted by Gasteiger charge is 2.13. The van der Waals surface area contributed by atoms with Crippen molar-refractivity contribution in [2.75, 3.05) is 0 Å². The second-order valence-electron chi connectivity index (χ2n) is 4.96. The number of nitrogens with zero attached hydrogens (tertiary/aromatic N) is 1. The van der Waals surface area contributed by atoms with Crippen LogP contribution in [0, 0.1) is 3.57 Å². The predicted octanol–water partition coefficient (Wildman–Crippen LogP) is 4.74. The lowest BCUT2D eigenvalue weighted by atomic mass is 9.97. The van der Waals surface area contributed by atoms with Crippen molar-refractivity contribution in [3.63, 3.8) is 0 Å². The van der Waals surface area contributed by atoms with Crippen molar-refractivity contribution in [1.82, 2.24) is 4.98 Å². The predicted molar refractivity (Wildman–Crippen MR) is 96.5 cm³/mol. The minimum absolute atomic E-state index is 0.0820. The molecule has 2 N–H and O–H groups in total. The Balaban J connectivity index is 1.96. The molecular formula is C17H14ClIN2. The molecule has 0 radical (unpaired) electrons. The molecule has 3 rings (SSSR count). The molecule has 0 bridgehead atoms. The Kier molecular flexibility index (Phi) is 4.42. The number of hydrogen-bond acceptors (Lipinski definition) is 2. The van der Waals surface area contributed by atoms with Gasteiger partial charge in [-0.1, -0.05) is 29.8 Å². The minimum atomic E-state index is -0.0820. The van der Waals surface area contributed by atoms with E-state index >= 15 is 0 Å². The molecule has 1 unspecified atom stereocenters. The van der Waals surface area contributed by atoms with Crippen molar-refractivity contribution in [2.45, 2.75) is 12.5 Å². The highest BCUT2D eigenvalue weighted by Crippen LogP contribution is 2.27. The number of aromatic nitrogens is 1. The molecule has 0 spiro atoms. The first-order chi connectivity index (χ1) is 10.1. The van der Waals surface area contributed by atoms with Crippen molar-refractivity contribution >= 4 is 45.1 Å². The van der Waals surface area contributed by atoms with Crippen LogP contribution >= 0.6 is 34.2 Å². The van der Waals surface area contributed by atoms with Crippen LogP contribution in [0.15, 0.2) is 54.7 Å². The second kappa shape index (κ2) is 6.30. The average Bonchev–Trinajstić information content (AvgIpc) is 2.50. The summed E-state index contributed by atoms with van der Waals surface area (Å²) in [5.74, 6) is 0. The van der Waals surface area contributed by atoms with E-state index in [2.05, 4.69) is 33.6 Å². The fourth-order valence-electron chi connectivity index (χ4n) is 2.48. The zero-order valence-corrected chi connectivity index (χ0v) is 14.2. The third-order valence-corrected chi connectivity index (χ3v) is 4.75. The summed E-state index contributed by atoms with van der Waals surface area (Å²) < 4.78 is 1.14. The van der Waals surface area contributed by atoms with Crippen LogP contribution in [0.4, 0.5) is 0 Å². The van der Waals surface area contributed by atoms with E-state index in [9.17, 15) is 0 Å². The molecule has 0 aliphatic heterocycles. The molecule has 0 amide bonds. The maximum Gasteiger partial charge on any atom is 0.0704 e. The zero-order valence-electron chi connectivity index (χ0n) is 11.3. The molecule has 2 aromatic carbocycles. The SMILES string of the molecule is NC(Cc1ccnc2ccccc12)c1cc(Cl)ccc1I. The standard InChI is InChI=1S/C17H14ClIN2/c18-12-5-6-15(19)14(10-12)16(20)9-11-7-8-21-17-4-2-1-3-13(11)17/h1-8,10,16H,9,20H2. The van der Waals surface area contributed by atoms with Crippen LogP contribution in [-0.2, 0) is 6.42 Å². The highest BCUT2D eigenvalue weighted by atomic mass is 127. The average molecular weight is 409 g/mol. The first-order valence-corrected chi connectivity index (χ1v) is 8.14. The quantitative estimate of drug-likeness (QED) is 0.636. The lowest BCUT2D eigenvalue weighted by molar-refractivity contribution is 0.721. The Labute approximate surface area is 142 Å². The van der Waals surface area contributed by atoms with Gasteiger partial charge in [-0.3, -0.25) is 4.98 Å². The van der Waals surface area contributed by atoms with Gasteiger partial charge in [0.05, 0.1) is 5.52 Å². The van der Waals surface area contributed by atoms with E-state index in [4.69, 9.17) is 17.3 Å². The molecule has 106 valence electrons. The van der Waals surface area contributed by atoms with Gasteiger partial charge in [0.25, 0.3) is 0 Å². The smallest absolute Gasteiger partial charge is 0.0704 e. The van der Waals surface area contributed by atoms with Crippen LogP contribution in [-0.4, -0.2) is 4.98 Å². The number of rotatable bonds is 3. The molecule has 1 heterocycles. The van der Waals surface area contributed by atoms with Gasteiger partial charge in [-0.15, -0.1) is 0 Å². The monoisotopic (exact) mass is 408 g/mol. The van der Waals surface area contributed by atoms with Crippen molar-refractivity contribution in [3.8, 4) is 0 Å². The van der Waals surface area contributed by atoms with Gasteiger partial charge < -0.3 is 5.73 Å². The summed E-state index contributed by atoms with van der Waals surface area (Å²) in [7, 11) is 0. The van der Waals surface area contributed by atoms with Gasteiger partial charge in [0.1, 0.15) is 0 Å². The summed E-state index contributed by atoms with van der Waals surface area (Å²) in [4.78, 5) is 4.39. The number of halogens is 2. The second-order valence-corrected chi connectivity index (χ2v) is 6.56. The van der Waals surface area contributed by atoms with Crippen LogP contribution in [0.3, 0.4) is 0 Å². The maximum absolute atomic E-state index is 6.40. The first kappa shape index (κ1) is 14.8. The zero-order chi connectivity index (χ0) is 14.8. The molecule has 0 saturated heterocycles. The third-order valence-electron chi connectivity index (χ3n) is 3.54. The van der Waals surface area contributed by atoms with Gasteiger partial charge in [0, 0.05) is 26.2 Å². The summed E-state index contributed by atoms with van der Waals surface area (Å²) in [6.07, 6.45) is 2.60. The number of para-hydroxylation sites is 1. The lowest BCUT2D eigenvalue weighted by Gasteiger charge is -2.15. The Morgan fingerprint density at radius 1 is 1.14 bits per heavy atom. The van der Waals surface area contributed by atoms with Gasteiger partial charge in [-0.25, -0.2) is 0 Å². The van der Waals surface area contributed by atoms with Crippen LogP contribution in [0.2, 0.25) is 5.02 Å². The summed E-state index contributed by atoms with van der Waals surface area (Å²) in [5, 5.41) is 1.88. The molecule has 0 aliphatic carbocycles. The molecule has 3 aromatic rings. The van der Waals surface area contributed by atoms with Crippen molar-refractivity contribution in [2.24, 2.45) is 5.73 Å². The van der Waals surface area contributed by atoms with E-state index in [-0.39, 0.29) is 6.04 Å². The van der Waals surface area contributed by atoms with Crippen LogP contribution in [0.25, 0.3) is 10.9 Å². The van der Waals surface area contributed by atoms with Gasteiger partial charge in [0.2, 0.25) is 0 Å². The van der Waals surface area contributed by atoms with E-state index in [0.717, 1.165) is 31.5 Å². The molecule has 0 saturated carbocycles. The van der Waals surface area contributed by atoms with E-state index in [1.165, 1.54) is 5.56 Å². The molecule has 1 aromatic heterocycles. The largest absolute Gasteiger partial charge is 0.324 e. The lowest BCUT2D eigenvalue weighted by Crippen LogP contribution is -2.15. The summed E-state index contributed by atoms with van der Waals surface area (Å²) in [6.45, 7) is 0. The van der Waals surface area contributed by atoms with E-state index < -0.39 is 0 Å². The Hall–Kier alpha value is -1.17. The topological polar surface area (TPSA) is 38.9 Å². The minimum Gasteiger partial charge on any atom is -0.324 e. The van der Waals surface area contributed by atoms with E-state index in [1.54, 1.807) is 0 Å². The molecule has 0 aliphatic rings.